The molecule has 1 aliphatic rings. The van der Waals surface area contributed by atoms with Crippen LogP contribution in [0.5, 0.6) is 0 Å². The second-order valence-corrected chi connectivity index (χ2v) is 5.03. The summed E-state index contributed by atoms with van der Waals surface area (Å²) in [6.07, 6.45) is 5.39. The monoisotopic (exact) mass is 251 g/mol. The minimum atomic E-state index is -0.141. The molecule has 1 aliphatic carbocycles. The lowest BCUT2D eigenvalue weighted by Gasteiger charge is -2.15. The highest BCUT2D eigenvalue weighted by atomic mass is 16.2. The van der Waals surface area contributed by atoms with Gasteiger partial charge in [-0.2, -0.15) is 0 Å². The van der Waals surface area contributed by atoms with E-state index in [1.165, 1.54) is 19.3 Å². The van der Waals surface area contributed by atoms with Gasteiger partial charge in [-0.05, 0) is 18.3 Å². The molecule has 6 nitrogen and oxygen atoms in total. The van der Waals surface area contributed by atoms with E-state index in [-0.39, 0.29) is 5.91 Å². The molecule has 2 atom stereocenters. The van der Waals surface area contributed by atoms with Crippen molar-refractivity contribution in [3.63, 3.8) is 0 Å². The number of aromatic nitrogens is 3. The zero-order valence-electron chi connectivity index (χ0n) is 10.8. The maximum atomic E-state index is 11.9. The molecule has 0 saturated heterocycles. The van der Waals surface area contributed by atoms with Gasteiger partial charge in [-0.3, -0.25) is 9.48 Å². The Balaban J connectivity index is 1.83. The van der Waals surface area contributed by atoms with Gasteiger partial charge in [0.25, 0.3) is 5.91 Å². The molecule has 1 amide bonds. The number of amides is 1. The summed E-state index contributed by atoms with van der Waals surface area (Å²) in [4.78, 5) is 11.9. The molecular weight excluding hydrogens is 230 g/mol. The molecule has 0 aliphatic heterocycles. The molecule has 2 unspecified atom stereocenters. The van der Waals surface area contributed by atoms with Crippen LogP contribution in [0.25, 0.3) is 0 Å². The predicted molar refractivity (Wildman–Crippen MR) is 67.9 cm³/mol. The molecule has 2 rings (SSSR count). The Morgan fingerprint density at radius 2 is 2.44 bits per heavy atom. The summed E-state index contributed by atoms with van der Waals surface area (Å²) in [6, 6.07) is 0. The van der Waals surface area contributed by atoms with E-state index >= 15 is 0 Å². The van der Waals surface area contributed by atoms with Crippen LogP contribution in [0.4, 0.5) is 0 Å². The first-order valence-electron chi connectivity index (χ1n) is 6.59. The van der Waals surface area contributed by atoms with E-state index < -0.39 is 0 Å². The fourth-order valence-corrected chi connectivity index (χ4v) is 2.48. The number of nitrogens with zero attached hydrogens (tertiary/aromatic N) is 3. The van der Waals surface area contributed by atoms with Crippen molar-refractivity contribution in [2.75, 3.05) is 13.1 Å². The lowest BCUT2D eigenvalue weighted by molar-refractivity contribution is 0.0939. The number of nitrogens with two attached hydrogens (primary N) is 1. The average molecular weight is 251 g/mol. The summed E-state index contributed by atoms with van der Waals surface area (Å²) >= 11 is 0. The van der Waals surface area contributed by atoms with E-state index in [2.05, 4.69) is 22.6 Å². The number of hydrogen-bond acceptors (Lipinski definition) is 4. The molecular formula is C12H21N5O. The third kappa shape index (κ3) is 3.07. The zero-order valence-corrected chi connectivity index (χ0v) is 10.8. The molecule has 1 fully saturated rings. The first-order valence-corrected chi connectivity index (χ1v) is 6.59. The molecule has 1 saturated carbocycles. The summed E-state index contributed by atoms with van der Waals surface area (Å²) < 4.78 is 1.59. The second-order valence-electron chi connectivity index (χ2n) is 5.03. The van der Waals surface area contributed by atoms with Gasteiger partial charge in [0.2, 0.25) is 0 Å². The first-order chi connectivity index (χ1) is 8.70. The van der Waals surface area contributed by atoms with Crippen molar-refractivity contribution in [1.82, 2.24) is 20.3 Å². The lowest BCUT2D eigenvalue weighted by Crippen LogP contribution is -2.30. The van der Waals surface area contributed by atoms with E-state index in [1.807, 2.05) is 0 Å². The van der Waals surface area contributed by atoms with Crippen molar-refractivity contribution in [1.29, 1.82) is 0 Å². The van der Waals surface area contributed by atoms with E-state index in [9.17, 15) is 4.79 Å². The Kier molecular flexibility index (Phi) is 4.30. The number of nitrogens with one attached hydrogen (secondary N) is 1. The van der Waals surface area contributed by atoms with Crippen molar-refractivity contribution in [2.24, 2.45) is 17.6 Å². The Morgan fingerprint density at radius 3 is 3.11 bits per heavy atom. The van der Waals surface area contributed by atoms with Crippen LogP contribution in [0.3, 0.4) is 0 Å². The third-order valence-corrected chi connectivity index (χ3v) is 3.69. The molecule has 100 valence electrons. The molecule has 1 heterocycles. The van der Waals surface area contributed by atoms with Gasteiger partial charge in [-0.1, -0.05) is 25.0 Å². The minimum Gasteiger partial charge on any atom is -0.350 e. The number of carbonyl (C=O) groups is 1. The smallest absolute Gasteiger partial charge is 0.273 e. The summed E-state index contributed by atoms with van der Waals surface area (Å²) in [5.41, 5.74) is 5.78. The van der Waals surface area contributed by atoms with Crippen LogP contribution in [-0.4, -0.2) is 34.0 Å². The molecule has 0 radical (unpaired) electrons. The third-order valence-electron chi connectivity index (χ3n) is 3.69. The maximum Gasteiger partial charge on any atom is 0.273 e. The fraction of sp³-hybridized carbons (Fsp3) is 0.750. The summed E-state index contributed by atoms with van der Waals surface area (Å²) in [6.45, 7) is 4.06. The quantitative estimate of drug-likeness (QED) is 0.793. The average Bonchev–Trinajstić information content (AvgIpc) is 2.96. The van der Waals surface area contributed by atoms with Gasteiger partial charge < -0.3 is 11.1 Å². The van der Waals surface area contributed by atoms with E-state index in [0.717, 1.165) is 6.54 Å². The standard InChI is InChI=1S/C12H21N5O/c1-9-3-2-4-10(9)7-14-12(18)11-8-17(6-5-13)16-15-11/h8-10H,2-7,13H2,1H3,(H,14,18). The van der Waals surface area contributed by atoms with Crippen LogP contribution in [0, 0.1) is 11.8 Å². The zero-order chi connectivity index (χ0) is 13.0. The Bertz CT molecular complexity index is 403. The van der Waals surface area contributed by atoms with Gasteiger partial charge in [-0.25, -0.2) is 0 Å². The van der Waals surface area contributed by atoms with Gasteiger partial charge in [0, 0.05) is 13.1 Å². The topological polar surface area (TPSA) is 85.8 Å². The van der Waals surface area contributed by atoms with Gasteiger partial charge in [0.1, 0.15) is 0 Å². The SMILES string of the molecule is CC1CCCC1CNC(=O)c1cn(CCN)nn1. The van der Waals surface area contributed by atoms with Crippen molar-refractivity contribution in [2.45, 2.75) is 32.7 Å². The van der Waals surface area contributed by atoms with E-state index in [4.69, 9.17) is 5.73 Å². The fourth-order valence-electron chi connectivity index (χ4n) is 2.48. The molecule has 3 N–H and O–H groups in total. The van der Waals surface area contributed by atoms with Crippen molar-refractivity contribution < 1.29 is 4.79 Å². The van der Waals surface area contributed by atoms with Gasteiger partial charge in [-0.15, -0.1) is 5.10 Å². The number of hydrogen-bond donors (Lipinski definition) is 2. The van der Waals surface area contributed by atoms with Crippen molar-refractivity contribution in [3.05, 3.63) is 11.9 Å². The normalized spacial score (nSPS) is 23.2. The van der Waals surface area contributed by atoms with Crippen LogP contribution in [0.15, 0.2) is 6.20 Å². The van der Waals surface area contributed by atoms with Crippen LogP contribution < -0.4 is 11.1 Å². The van der Waals surface area contributed by atoms with Gasteiger partial charge in [0.05, 0.1) is 12.7 Å². The number of rotatable bonds is 5. The maximum absolute atomic E-state index is 11.9. The second kappa shape index (κ2) is 5.95. The largest absolute Gasteiger partial charge is 0.350 e. The van der Waals surface area contributed by atoms with Crippen LogP contribution >= 0.6 is 0 Å². The Labute approximate surface area is 107 Å². The lowest BCUT2D eigenvalue weighted by atomic mass is 9.98. The number of carbonyl (C=O) groups excluding carboxylic acids is 1. The van der Waals surface area contributed by atoms with Crippen LogP contribution in [0.1, 0.15) is 36.7 Å². The first kappa shape index (κ1) is 13.0. The van der Waals surface area contributed by atoms with Crippen LogP contribution in [-0.2, 0) is 6.54 Å². The summed E-state index contributed by atoms with van der Waals surface area (Å²) in [5.74, 6) is 1.17. The molecule has 6 heteroatoms. The Hall–Kier alpha value is -1.43. The molecule has 0 bridgehead atoms. The van der Waals surface area contributed by atoms with E-state index in [0.29, 0.717) is 30.6 Å². The van der Waals surface area contributed by atoms with E-state index in [1.54, 1.807) is 10.9 Å². The van der Waals surface area contributed by atoms with Crippen molar-refractivity contribution in [3.8, 4) is 0 Å². The Morgan fingerprint density at radius 1 is 1.61 bits per heavy atom. The molecule has 18 heavy (non-hydrogen) atoms. The summed E-state index contributed by atoms with van der Waals surface area (Å²) in [7, 11) is 0. The van der Waals surface area contributed by atoms with Gasteiger partial charge >= 0.3 is 0 Å². The minimum absolute atomic E-state index is 0.141. The molecule has 1 aromatic rings. The van der Waals surface area contributed by atoms with Gasteiger partial charge in [0.15, 0.2) is 5.69 Å². The highest BCUT2D eigenvalue weighted by Crippen LogP contribution is 2.30. The molecule has 0 spiro atoms. The van der Waals surface area contributed by atoms with Crippen molar-refractivity contribution >= 4 is 5.91 Å². The molecule has 1 aromatic heterocycles. The highest BCUT2D eigenvalue weighted by molar-refractivity contribution is 5.91. The predicted octanol–water partition coefficient (Wildman–Crippen LogP) is 0.403. The summed E-state index contributed by atoms with van der Waals surface area (Å²) in [5, 5.41) is 10.6. The molecule has 0 aromatic carbocycles. The van der Waals surface area contributed by atoms with Crippen LogP contribution in [0.2, 0.25) is 0 Å². The highest BCUT2D eigenvalue weighted by Gasteiger charge is 2.24.